The van der Waals surface area contributed by atoms with Crippen LogP contribution in [0.5, 0.6) is 5.75 Å². The number of benzene rings is 1. The van der Waals surface area contributed by atoms with Gasteiger partial charge in [-0.1, -0.05) is 6.07 Å². The van der Waals surface area contributed by atoms with Gasteiger partial charge >= 0.3 is 5.97 Å². The number of pyridine rings is 1. The Bertz CT molecular complexity index is 1110. The Morgan fingerprint density at radius 1 is 1.21 bits per heavy atom. The number of aromatic carboxylic acids is 1. The van der Waals surface area contributed by atoms with E-state index in [2.05, 4.69) is 15.0 Å². The topological polar surface area (TPSA) is 109 Å². The number of hydrogen-bond acceptors (Lipinski definition) is 8. The highest BCUT2D eigenvalue weighted by molar-refractivity contribution is 7.98. The summed E-state index contributed by atoms with van der Waals surface area (Å²) < 4.78 is 19.4. The number of rotatable bonds is 4. The lowest BCUT2D eigenvalue weighted by Gasteiger charge is -2.27. The summed E-state index contributed by atoms with van der Waals surface area (Å²) >= 11 is 1.32. The lowest BCUT2D eigenvalue weighted by molar-refractivity contribution is 0.0690. The van der Waals surface area contributed by atoms with Crippen LogP contribution in [-0.4, -0.2) is 63.7 Å². The van der Waals surface area contributed by atoms with Crippen molar-refractivity contribution in [3.8, 4) is 17.0 Å². The number of carboxylic acids is 1. The number of halogens is 1. The van der Waals surface area contributed by atoms with Gasteiger partial charge < -0.3 is 19.8 Å². The van der Waals surface area contributed by atoms with Crippen molar-refractivity contribution in [1.82, 2.24) is 15.0 Å². The first kappa shape index (κ1) is 19.3. The second-order valence-electron chi connectivity index (χ2n) is 6.32. The number of phenolic OH excluding ortho intramolecular Hbond substituents is 1. The molecule has 0 bridgehead atoms. The summed E-state index contributed by atoms with van der Waals surface area (Å²) in [6.07, 6.45) is 1.80. The maximum absolute atomic E-state index is 14.0. The van der Waals surface area contributed by atoms with Gasteiger partial charge in [0.05, 0.1) is 13.2 Å². The summed E-state index contributed by atoms with van der Waals surface area (Å²) in [6.45, 7) is 2.20. The number of anilines is 1. The van der Waals surface area contributed by atoms with Crippen LogP contribution in [0.25, 0.3) is 22.3 Å². The second-order valence-corrected chi connectivity index (χ2v) is 7.17. The van der Waals surface area contributed by atoms with Crippen LogP contribution >= 0.6 is 11.8 Å². The fourth-order valence-corrected chi connectivity index (χ4v) is 3.70. The van der Waals surface area contributed by atoms with Crippen LogP contribution in [0, 0.1) is 5.82 Å². The SMILES string of the molecule is CSc1cc(C(=O)O)nc2c(-c3cccc(F)c3O)nc(N3CCOCC3)nc12. The molecule has 1 saturated heterocycles. The van der Waals surface area contributed by atoms with Crippen molar-refractivity contribution >= 4 is 34.7 Å². The molecule has 0 saturated carbocycles. The number of ether oxygens (including phenoxy) is 1. The Labute approximate surface area is 169 Å². The molecule has 1 aromatic carbocycles. The lowest BCUT2D eigenvalue weighted by atomic mass is 10.1. The molecule has 0 radical (unpaired) electrons. The third kappa shape index (κ3) is 3.56. The number of thioether (sulfide) groups is 1. The number of nitrogens with zero attached hydrogens (tertiary/aromatic N) is 4. The Morgan fingerprint density at radius 3 is 2.66 bits per heavy atom. The zero-order chi connectivity index (χ0) is 20.5. The first-order chi connectivity index (χ1) is 14.0. The van der Waals surface area contributed by atoms with E-state index in [4.69, 9.17) is 4.74 Å². The Morgan fingerprint density at radius 2 is 1.97 bits per heavy atom. The quantitative estimate of drug-likeness (QED) is 0.621. The normalized spacial score (nSPS) is 14.3. The van der Waals surface area contributed by atoms with Crippen molar-refractivity contribution in [2.45, 2.75) is 4.90 Å². The molecule has 0 aliphatic carbocycles. The highest BCUT2D eigenvalue weighted by Crippen LogP contribution is 2.37. The summed E-state index contributed by atoms with van der Waals surface area (Å²) in [5.41, 5.74) is 0.743. The van der Waals surface area contributed by atoms with E-state index in [0.29, 0.717) is 42.7 Å². The average molecular weight is 416 g/mol. The van der Waals surface area contributed by atoms with E-state index in [1.165, 1.54) is 30.0 Å². The molecule has 0 atom stereocenters. The van der Waals surface area contributed by atoms with Gasteiger partial charge in [-0.25, -0.2) is 24.1 Å². The van der Waals surface area contributed by atoms with Crippen LogP contribution in [0.2, 0.25) is 0 Å². The lowest BCUT2D eigenvalue weighted by Crippen LogP contribution is -2.37. The van der Waals surface area contributed by atoms with E-state index in [1.807, 2.05) is 4.90 Å². The van der Waals surface area contributed by atoms with Gasteiger partial charge in [0.2, 0.25) is 5.95 Å². The van der Waals surface area contributed by atoms with Gasteiger partial charge in [0.25, 0.3) is 0 Å². The molecule has 0 spiro atoms. The Hall–Kier alpha value is -2.98. The minimum atomic E-state index is -1.20. The standard InChI is InChI=1S/C19H17FN4O4S/c1-29-13-9-12(18(26)27)21-16-14(10-3-2-4-11(20)17(10)25)22-19(23-15(13)16)24-5-7-28-8-6-24/h2-4,9,25H,5-8H2,1H3,(H,26,27). The van der Waals surface area contributed by atoms with Gasteiger partial charge in [-0.15, -0.1) is 11.8 Å². The van der Waals surface area contributed by atoms with Crippen molar-refractivity contribution in [3.63, 3.8) is 0 Å². The fourth-order valence-electron chi connectivity index (χ4n) is 3.13. The van der Waals surface area contributed by atoms with E-state index in [1.54, 1.807) is 6.26 Å². The van der Waals surface area contributed by atoms with Crippen LogP contribution in [0.4, 0.5) is 10.3 Å². The zero-order valence-corrected chi connectivity index (χ0v) is 16.2. The van der Waals surface area contributed by atoms with Crippen LogP contribution in [-0.2, 0) is 4.74 Å². The summed E-state index contributed by atoms with van der Waals surface area (Å²) in [5, 5.41) is 19.7. The highest BCUT2D eigenvalue weighted by atomic mass is 32.2. The molecule has 1 aliphatic heterocycles. The minimum Gasteiger partial charge on any atom is -0.504 e. The third-order valence-corrected chi connectivity index (χ3v) is 5.33. The van der Waals surface area contributed by atoms with Crippen LogP contribution in [0.1, 0.15) is 10.5 Å². The van der Waals surface area contributed by atoms with Gasteiger partial charge in [-0.2, -0.15) is 0 Å². The summed E-state index contributed by atoms with van der Waals surface area (Å²) in [5.74, 6) is -2.19. The van der Waals surface area contributed by atoms with Gasteiger partial charge in [0.15, 0.2) is 11.6 Å². The number of carbonyl (C=O) groups is 1. The molecule has 1 aliphatic rings. The van der Waals surface area contributed by atoms with Crippen molar-refractivity contribution in [2.75, 3.05) is 37.5 Å². The van der Waals surface area contributed by atoms with Gasteiger partial charge in [0, 0.05) is 23.5 Å². The van der Waals surface area contributed by atoms with E-state index in [9.17, 15) is 19.4 Å². The predicted molar refractivity (Wildman–Crippen MR) is 106 cm³/mol. The first-order valence-corrected chi connectivity index (χ1v) is 10.0. The zero-order valence-electron chi connectivity index (χ0n) is 15.4. The number of hydrogen-bond donors (Lipinski definition) is 2. The molecule has 2 N–H and O–H groups in total. The molecular formula is C19H17FN4O4S. The number of carboxylic acid groups (broad SMARTS) is 1. The minimum absolute atomic E-state index is 0.119. The number of para-hydroxylation sites is 1. The average Bonchev–Trinajstić information content (AvgIpc) is 2.74. The monoisotopic (exact) mass is 416 g/mol. The van der Waals surface area contributed by atoms with Gasteiger partial charge in [-0.3, -0.25) is 0 Å². The Kier molecular flexibility index (Phi) is 5.20. The molecule has 0 amide bonds. The highest BCUT2D eigenvalue weighted by Gasteiger charge is 2.23. The number of phenols is 1. The van der Waals surface area contributed by atoms with Gasteiger partial charge in [-0.05, 0) is 24.5 Å². The molecule has 4 rings (SSSR count). The molecule has 0 unspecified atom stereocenters. The summed E-state index contributed by atoms with van der Waals surface area (Å²) in [6, 6.07) is 5.54. The molecule has 29 heavy (non-hydrogen) atoms. The van der Waals surface area contributed by atoms with Crippen LogP contribution in [0.3, 0.4) is 0 Å². The predicted octanol–water partition coefficient (Wildman–Crippen LogP) is 2.79. The van der Waals surface area contributed by atoms with E-state index < -0.39 is 17.5 Å². The van der Waals surface area contributed by atoms with E-state index in [0.717, 1.165) is 6.07 Å². The van der Waals surface area contributed by atoms with Crippen LogP contribution in [0.15, 0.2) is 29.2 Å². The molecule has 150 valence electrons. The number of morpholine rings is 1. The molecule has 3 heterocycles. The van der Waals surface area contributed by atoms with Crippen molar-refractivity contribution in [2.24, 2.45) is 0 Å². The fraction of sp³-hybridized carbons (Fsp3) is 0.263. The van der Waals surface area contributed by atoms with E-state index in [-0.39, 0.29) is 22.5 Å². The molecule has 8 nitrogen and oxygen atoms in total. The van der Waals surface area contributed by atoms with Crippen LogP contribution < -0.4 is 4.90 Å². The second kappa shape index (κ2) is 7.80. The maximum Gasteiger partial charge on any atom is 0.354 e. The van der Waals surface area contributed by atoms with Crippen molar-refractivity contribution in [3.05, 3.63) is 35.8 Å². The maximum atomic E-state index is 14.0. The third-order valence-electron chi connectivity index (χ3n) is 4.58. The van der Waals surface area contributed by atoms with Crippen molar-refractivity contribution < 1.29 is 24.1 Å². The molecule has 3 aromatic rings. The molecule has 10 heteroatoms. The van der Waals surface area contributed by atoms with Crippen molar-refractivity contribution in [1.29, 1.82) is 0 Å². The Balaban J connectivity index is 2.05. The number of aromatic nitrogens is 3. The smallest absolute Gasteiger partial charge is 0.354 e. The van der Waals surface area contributed by atoms with E-state index >= 15 is 0 Å². The molecular weight excluding hydrogens is 399 g/mol. The summed E-state index contributed by atoms with van der Waals surface area (Å²) in [4.78, 5) is 27.4. The summed E-state index contributed by atoms with van der Waals surface area (Å²) in [7, 11) is 0. The number of aromatic hydroxyl groups is 1. The molecule has 1 fully saturated rings. The largest absolute Gasteiger partial charge is 0.504 e. The van der Waals surface area contributed by atoms with Gasteiger partial charge in [0.1, 0.15) is 22.4 Å². The molecule has 2 aromatic heterocycles. The first-order valence-electron chi connectivity index (χ1n) is 8.80. The number of fused-ring (bicyclic) bond motifs is 1.